The number of halogens is 3. The lowest BCUT2D eigenvalue weighted by Gasteiger charge is -2.10. The van der Waals surface area contributed by atoms with Gasteiger partial charge in [0.05, 0.1) is 0 Å². The molecule has 0 bridgehead atoms. The Balaban J connectivity index is 2.04. The van der Waals surface area contributed by atoms with Gasteiger partial charge in [-0.25, -0.2) is 0 Å². The summed E-state index contributed by atoms with van der Waals surface area (Å²) in [6.45, 7) is 1.57. The van der Waals surface area contributed by atoms with Crippen LogP contribution in [0.5, 0.6) is 0 Å². The van der Waals surface area contributed by atoms with Gasteiger partial charge in [-0.15, -0.1) is 5.10 Å². The van der Waals surface area contributed by atoms with E-state index < -0.39 is 24.0 Å². The van der Waals surface area contributed by atoms with E-state index in [9.17, 15) is 22.8 Å². The molecule has 2 heterocycles. The summed E-state index contributed by atoms with van der Waals surface area (Å²) in [6, 6.07) is -0.461. The van der Waals surface area contributed by atoms with Crippen molar-refractivity contribution in [2.75, 3.05) is 17.2 Å². The lowest BCUT2D eigenvalue weighted by atomic mass is 10.1. The molecule has 1 aromatic heterocycles. The molecule has 1 unspecified atom stereocenters. The molecule has 1 aliphatic heterocycles. The molecule has 6 nitrogen and oxygen atoms in total. The zero-order valence-electron chi connectivity index (χ0n) is 10.3. The summed E-state index contributed by atoms with van der Waals surface area (Å²) < 4.78 is 41.5. The highest BCUT2D eigenvalue weighted by atomic mass is 32.2. The molecule has 0 radical (unpaired) electrons. The Morgan fingerprint density at radius 2 is 2.20 bits per heavy atom. The second-order valence-electron chi connectivity index (χ2n) is 4.26. The van der Waals surface area contributed by atoms with Crippen molar-refractivity contribution in [2.45, 2.75) is 19.5 Å². The summed E-state index contributed by atoms with van der Waals surface area (Å²) >= 11 is 1.07. The first kappa shape index (κ1) is 14.8. The molecule has 1 amide bonds. The number of amides is 1. The minimum atomic E-state index is -4.74. The third-order valence-corrected chi connectivity index (χ3v) is 3.66. The van der Waals surface area contributed by atoms with Gasteiger partial charge < -0.3 is 4.42 Å². The first-order valence-electron chi connectivity index (χ1n) is 5.62. The van der Waals surface area contributed by atoms with Crippen LogP contribution in [0.15, 0.2) is 4.42 Å². The van der Waals surface area contributed by atoms with Crippen LogP contribution in [0.1, 0.15) is 19.2 Å². The minimum Gasteiger partial charge on any atom is -0.399 e. The molecule has 0 aromatic carbocycles. The number of carbonyl (C=O) groups excluding carboxylic acids is 2. The number of rotatable bonds is 3. The first-order valence-corrected chi connectivity index (χ1v) is 6.60. The molecular formula is C10H10F3N3O3S. The van der Waals surface area contributed by atoms with E-state index >= 15 is 0 Å². The van der Waals surface area contributed by atoms with Gasteiger partial charge in [0.2, 0.25) is 5.91 Å². The van der Waals surface area contributed by atoms with Gasteiger partial charge in [-0.3, -0.25) is 14.5 Å². The summed E-state index contributed by atoms with van der Waals surface area (Å²) in [4.78, 5) is 23.6. The van der Waals surface area contributed by atoms with Crippen molar-refractivity contribution >= 4 is 28.8 Å². The van der Waals surface area contributed by atoms with Crippen LogP contribution in [0, 0.1) is 5.92 Å². The molecule has 1 atom stereocenters. The van der Waals surface area contributed by atoms with Crippen molar-refractivity contribution in [3.05, 3.63) is 5.89 Å². The second kappa shape index (κ2) is 5.43. The monoisotopic (exact) mass is 309 g/mol. The maximum Gasteiger partial charge on any atom is 0.470 e. The summed E-state index contributed by atoms with van der Waals surface area (Å²) in [5.41, 5.74) is 0. The van der Waals surface area contributed by atoms with E-state index in [0.29, 0.717) is 5.75 Å². The molecule has 1 saturated heterocycles. The SMILES string of the molecule is CC(=O)SCC1CC(=O)N(c2nnc(C(F)(F)F)o2)C1. The minimum absolute atomic E-state index is 0.0759. The van der Waals surface area contributed by atoms with Crippen LogP contribution in [-0.2, 0) is 15.8 Å². The van der Waals surface area contributed by atoms with Crippen LogP contribution in [0.25, 0.3) is 0 Å². The molecule has 1 aliphatic rings. The van der Waals surface area contributed by atoms with Crippen molar-refractivity contribution < 1.29 is 27.2 Å². The number of anilines is 1. The van der Waals surface area contributed by atoms with Crippen molar-refractivity contribution in [3.63, 3.8) is 0 Å². The second-order valence-corrected chi connectivity index (χ2v) is 5.46. The Morgan fingerprint density at radius 3 is 2.75 bits per heavy atom. The lowest BCUT2D eigenvalue weighted by molar-refractivity contribution is -0.157. The fraction of sp³-hybridized carbons (Fsp3) is 0.600. The Labute approximate surface area is 115 Å². The largest absolute Gasteiger partial charge is 0.470 e. The van der Waals surface area contributed by atoms with E-state index in [1.165, 1.54) is 6.92 Å². The highest BCUT2D eigenvalue weighted by Crippen LogP contribution is 2.32. The van der Waals surface area contributed by atoms with Crippen LogP contribution in [0.2, 0.25) is 0 Å². The van der Waals surface area contributed by atoms with Gasteiger partial charge in [-0.2, -0.15) is 13.2 Å². The van der Waals surface area contributed by atoms with Crippen molar-refractivity contribution in [1.82, 2.24) is 10.2 Å². The van der Waals surface area contributed by atoms with Gasteiger partial charge in [0.25, 0.3) is 0 Å². The zero-order valence-corrected chi connectivity index (χ0v) is 11.1. The molecule has 1 aromatic rings. The van der Waals surface area contributed by atoms with Crippen molar-refractivity contribution in [1.29, 1.82) is 0 Å². The van der Waals surface area contributed by atoms with E-state index in [0.717, 1.165) is 16.7 Å². The molecule has 0 N–H and O–H groups in total. The Bertz CT molecular complexity index is 531. The van der Waals surface area contributed by atoms with Crippen molar-refractivity contribution in [3.8, 4) is 0 Å². The van der Waals surface area contributed by atoms with Gasteiger partial charge in [0.15, 0.2) is 5.12 Å². The van der Waals surface area contributed by atoms with Gasteiger partial charge in [0.1, 0.15) is 0 Å². The average molecular weight is 309 g/mol. The third kappa shape index (κ3) is 3.30. The molecule has 10 heteroatoms. The van der Waals surface area contributed by atoms with Crippen LogP contribution < -0.4 is 4.90 Å². The first-order chi connectivity index (χ1) is 9.27. The predicted octanol–water partition coefficient (Wildman–Crippen LogP) is 1.72. The maximum absolute atomic E-state index is 12.3. The predicted molar refractivity (Wildman–Crippen MR) is 62.9 cm³/mol. The molecule has 20 heavy (non-hydrogen) atoms. The van der Waals surface area contributed by atoms with E-state index in [2.05, 4.69) is 14.6 Å². The molecule has 110 valence electrons. The molecule has 0 spiro atoms. The summed E-state index contributed by atoms with van der Waals surface area (Å²) in [5, 5.41) is 6.03. The highest BCUT2D eigenvalue weighted by molar-refractivity contribution is 8.13. The lowest BCUT2D eigenvalue weighted by Crippen LogP contribution is -2.25. The number of hydrogen-bond donors (Lipinski definition) is 0. The topological polar surface area (TPSA) is 76.3 Å². The third-order valence-electron chi connectivity index (χ3n) is 2.62. The fourth-order valence-electron chi connectivity index (χ4n) is 1.75. The number of nitrogens with zero attached hydrogens (tertiary/aromatic N) is 3. The number of carbonyl (C=O) groups is 2. The normalized spacial score (nSPS) is 19.7. The van der Waals surface area contributed by atoms with E-state index in [1.54, 1.807) is 0 Å². The Morgan fingerprint density at radius 1 is 1.50 bits per heavy atom. The van der Waals surface area contributed by atoms with Crippen LogP contribution in [0.3, 0.4) is 0 Å². The standard InChI is InChI=1S/C10H10F3N3O3S/c1-5(17)20-4-6-2-7(18)16(3-6)9-15-14-8(19-9)10(11,12)13/h6H,2-4H2,1H3. The molecule has 0 aliphatic carbocycles. The molecule has 0 saturated carbocycles. The summed E-state index contributed by atoms with van der Waals surface area (Å²) in [5.74, 6) is -1.58. The zero-order chi connectivity index (χ0) is 14.9. The maximum atomic E-state index is 12.3. The molecule has 2 rings (SSSR count). The van der Waals surface area contributed by atoms with Gasteiger partial charge in [-0.05, 0) is 5.92 Å². The molecule has 1 fully saturated rings. The number of aromatic nitrogens is 2. The van der Waals surface area contributed by atoms with Gasteiger partial charge in [-0.1, -0.05) is 16.9 Å². The fourth-order valence-corrected chi connectivity index (χ4v) is 2.45. The van der Waals surface area contributed by atoms with Crippen LogP contribution >= 0.6 is 11.8 Å². The van der Waals surface area contributed by atoms with E-state index in [-0.39, 0.29) is 24.0 Å². The number of hydrogen-bond acceptors (Lipinski definition) is 6. The smallest absolute Gasteiger partial charge is 0.399 e. The Hall–Kier alpha value is -1.58. The van der Waals surface area contributed by atoms with Crippen molar-refractivity contribution in [2.24, 2.45) is 5.92 Å². The molecular weight excluding hydrogens is 299 g/mol. The number of alkyl halides is 3. The summed E-state index contributed by atoms with van der Waals surface area (Å²) in [7, 11) is 0. The summed E-state index contributed by atoms with van der Waals surface area (Å²) in [6.07, 6.45) is -4.60. The van der Waals surface area contributed by atoms with Crippen LogP contribution in [-0.4, -0.2) is 33.5 Å². The van der Waals surface area contributed by atoms with Gasteiger partial charge in [0, 0.05) is 25.6 Å². The van der Waals surface area contributed by atoms with E-state index in [1.807, 2.05) is 0 Å². The highest BCUT2D eigenvalue weighted by Gasteiger charge is 2.40. The van der Waals surface area contributed by atoms with Crippen LogP contribution in [0.4, 0.5) is 19.2 Å². The number of thioether (sulfide) groups is 1. The van der Waals surface area contributed by atoms with E-state index in [4.69, 9.17) is 0 Å². The quantitative estimate of drug-likeness (QED) is 0.846. The Kier molecular flexibility index (Phi) is 4.02. The van der Waals surface area contributed by atoms with Gasteiger partial charge >= 0.3 is 18.1 Å². The average Bonchev–Trinajstić information content (AvgIpc) is 2.91.